The number of rotatable bonds is 6. The van der Waals surface area contributed by atoms with Crippen LogP contribution in [0.25, 0.3) is 11.3 Å². The van der Waals surface area contributed by atoms with Gasteiger partial charge in [0, 0.05) is 5.56 Å². The van der Waals surface area contributed by atoms with Crippen LogP contribution in [0.4, 0.5) is 0 Å². The number of carbonyl (C=O) groups is 2. The van der Waals surface area contributed by atoms with Gasteiger partial charge in [0.05, 0.1) is 23.5 Å². The van der Waals surface area contributed by atoms with Crippen molar-refractivity contribution >= 4 is 23.2 Å². The number of hydrogen-bond donors (Lipinski definition) is 1. The molecule has 3 rings (SSSR count). The molecule has 0 fully saturated rings. The van der Waals surface area contributed by atoms with E-state index in [1.54, 1.807) is 12.1 Å². The molecular formula is C19H18N2O4S. The molecule has 1 N–H and O–H groups in total. The van der Waals surface area contributed by atoms with Crippen molar-refractivity contribution in [2.24, 2.45) is 0 Å². The van der Waals surface area contributed by atoms with E-state index in [0.29, 0.717) is 16.3 Å². The van der Waals surface area contributed by atoms with Crippen LogP contribution >= 0.6 is 11.3 Å². The van der Waals surface area contributed by atoms with Crippen molar-refractivity contribution in [3.05, 3.63) is 64.4 Å². The summed E-state index contributed by atoms with van der Waals surface area (Å²) in [5.41, 5.74) is 1.40. The van der Waals surface area contributed by atoms with E-state index >= 15 is 0 Å². The molecular weight excluding hydrogens is 352 g/mol. The van der Waals surface area contributed by atoms with Gasteiger partial charge in [0.1, 0.15) is 10.6 Å². The van der Waals surface area contributed by atoms with Crippen molar-refractivity contribution < 1.29 is 18.7 Å². The monoisotopic (exact) mass is 370 g/mol. The average molecular weight is 370 g/mol. The fourth-order valence-electron chi connectivity index (χ4n) is 2.36. The van der Waals surface area contributed by atoms with Gasteiger partial charge in [-0.05, 0) is 26.0 Å². The van der Waals surface area contributed by atoms with Crippen molar-refractivity contribution in [2.75, 3.05) is 0 Å². The summed E-state index contributed by atoms with van der Waals surface area (Å²) in [7, 11) is 0. The SMILES string of the molecule is Cc1nc(-c2ccccc2)c(C(=O)O[C@@H](C)C(=O)NCc2ccco2)s1. The molecule has 26 heavy (non-hydrogen) atoms. The minimum absolute atomic E-state index is 0.239. The summed E-state index contributed by atoms with van der Waals surface area (Å²) in [6, 6.07) is 12.9. The average Bonchev–Trinajstić information content (AvgIpc) is 3.29. The van der Waals surface area contributed by atoms with Crippen molar-refractivity contribution in [2.45, 2.75) is 26.5 Å². The first kappa shape index (κ1) is 17.9. The van der Waals surface area contributed by atoms with E-state index in [-0.39, 0.29) is 6.54 Å². The van der Waals surface area contributed by atoms with Crippen LogP contribution in [0.2, 0.25) is 0 Å². The topological polar surface area (TPSA) is 81.4 Å². The molecule has 0 aliphatic rings. The van der Waals surface area contributed by atoms with Crippen molar-refractivity contribution in [3.8, 4) is 11.3 Å². The predicted octanol–water partition coefficient (Wildman–Crippen LogP) is 3.57. The second kappa shape index (κ2) is 7.97. The molecule has 0 radical (unpaired) electrons. The van der Waals surface area contributed by atoms with Crippen LogP contribution in [-0.4, -0.2) is 23.0 Å². The number of nitrogens with zero attached hydrogens (tertiary/aromatic N) is 1. The molecule has 0 spiro atoms. The van der Waals surface area contributed by atoms with Crippen LogP contribution in [0.3, 0.4) is 0 Å². The summed E-state index contributed by atoms with van der Waals surface area (Å²) in [6.07, 6.45) is 0.603. The molecule has 0 unspecified atom stereocenters. The second-order valence-corrected chi connectivity index (χ2v) is 6.82. The Morgan fingerprint density at radius 3 is 2.69 bits per heavy atom. The zero-order chi connectivity index (χ0) is 18.5. The van der Waals surface area contributed by atoms with Gasteiger partial charge < -0.3 is 14.5 Å². The highest BCUT2D eigenvalue weighted by molar-refractivity contribution is 7.14. The van der Waals surface area contributed by atoms with Gasteiger partial charge in [0.2, 0.25) is 0 Å². The van der Waals surface area contributed by atoms with E-state index in [0.717, 1.165) is 10.6 Å². The first-order valence-electron chi connectivity index (χ1n) is 8.08. The van der Waals surface area contributed by atoms with E-state index in [1.165, 1.54) is 24.5 Å². The molecule has 7 heteroatoms. The van der Waals surface area contributed by atoms with Gasteiger partial charge in [0.15, 0.2) is 6.10 Å². The Balaban J connectivity index is 1.67. The Kier molecular flexibility index (Phi) is 5.48. The summed E-state index contributed by atoms with van der Waals surface area (Å²) >= 11 is 1.25. The highest BCUT2D eigenvalue weighted by atomic mass is 32.1. The largest absolute Gasteiger partial charge is 0.467 e. The van der Waals surface area contributed by atoms with E-state index in [9.17, 15) is 9.59 Å². The molecule has 134 valence electrons. The number of carbonyl (C=O) groups excluding carboxylic acids is 2. The molecule has 0 saturated heterocycles. The summed E-state index contributed by atoms with van der Waals surface area (Å²) in [5, 5.41) is 3.43. The Hall–Kier alpha value is -2.93. The smallest absolute Gasteiger partial charge is 0.351 e. The van der Waals surface area contributed by atoms with E-state index < -0.39 is 18.0 Å². The second-order valence-electron chi connectivity index (χ2n) is 5.62. The normalized spacial score (nSPS) is 11.8. The molecule has 0 bridgehead atoms. The van der Waals surface area contributed by atoms with E-state index in [2.05, 4.69) is 10.3 Å². The zero-order valence-corrected chi connectivity index (χ0v) is 15.2. The number of thiazole rings is 1. The number of aromatic nitrogens is 1. The predicted molar refractivity (Wildman–Crippen MR) is 97.7 cm³/mol. The quantitative estimate of drug-likeness (QED) is 0.671. The van der Waals surface area contributed by atoms with Gasteiger partial charge in [-0.1, -0.05) is 30.3 Å². The highest BCUT2D eigenvalue weighted by Gasteiger charge is 2.24. The van der Waals surface area contributed by atoms with E-state index in [4.69, 9.17) is 9.15 Å². The van der Waals surface area contributed by atoms with Crippen LogP contribution in [0, 0.1) is 6.92 Å². The lowest BCUT2D eigenvalue weighted by molar-refractivity contribution is -0.129. The van der Waals surface area contributed by atoms with Gasteiger partial charge >= 0.3 is 5.97 Å². The molecule has 0 aliphatic carbocycles. The van der Waals surface area contributed by atoms with Crippen LogP contribution in [0.15, 0.2) is 53.1 Å². The molecule has 0 saturated carbocycles. The third kappa shape index (κ3) is 4.18. The fraction of sp³-hybridized carbons (Fsp3) is 0.211. The summed E-state index contributed by atoms with van der Waals surface area (Å²) in [6.45, 7) is 3.60. The maximum Gasteiger partial charge on any atom is 0.351 e. The maximum absolute atomic E-state index is 12.5. The van der Waals surface area contributed by atoms with Gasteiger partial charge in [-0.2, -0.15) is 0 Å². The fourth-order valence-corrected chi connectivity index (χ4v) is 3.18. The Morgan fingerprint density at radius 1 is 1.23 bits per heavy atom. The van der Waals surface area contributed by atoms with Crippen LogP contribution < -0.4 is 5.32 Å². The number of furan rings is 1. The molecule has 1 atom stereocenters. The van der Waals surface area contributed by atoms with Gasteiger partial charge in [-0.25, -0.2) is 9.78 Å². The number of hydrogen-bond acceptors (Lipinski definition) is 6. The lowest BCUT2D eigenvalue weighted by atomic mass is 10.1. The number of benzene rings is 1. The number of nitrogens with one attached hydrogen (secondary N) is 1. The molecule has 1 amide bonds. The van der Waals surface area contributed by atoms with Crippen molar-refractivity contribution in [1.82, 2.24) is 10.3 Å². The van der Waals surface area contributed by atoms with Crippen LogP contribution in [0.5, 0.6) is 0 Å². The zero-order valence-electron chi connectivity index (χ0n) is 14.4. The van der Waals surface area contributed by atoms with Gasteiger partial charge in [0.25, 0.3) is 5.91 Å². The molecule has 2 heterocycles. The third-order valence-corrected chi connectivity index (χ3v) is 4.59. The third-order valence-electron chi connectivity index (χ3n) is 3.64. The highest BCUT2D eigenvalue weighted by Crippen LogP contribution is 2.28. The Bertz CT molecular complexity index is 888. The van der Waals surface area contributed by atoms with E-state index in [1.807, 2.05) is 37.3 Å². The van der Waals surface area contributed by atoms with Crippen LogP contribution in [-0.2, 0) is 16.1 Å². The lowest BCUT2D eigenvalue weighted by Crippen LogP contribution is -2.35. The summed E-state index contributed by atoms with van der Waals surface area (Å²) in [5.74, 6) is -0.325. The molecule has 6 nitrogen and oxygen atoms in total. The molecule has 0 aliphatic heterocycles. The number of amides is 1. The lowest BCUT2D eigenvalue weighted by Gasteiger charge is -2.12. The minimum Gasteiger partial charge on any atom is -0.467 e. The number of aryl methyl sites for hydroxylation is 1. The van der Waals surface area contributed by atoms with Crippen molar-refractivity contribution in [1.29, 1.82) is 0 Å². The molecule has 2 aromatic heterocycles. The van der Waals surface area contributed by atoms with Crippen LogP contribution in [0.1, 0.15) is 27.4 Å². The number of ether oxygens (including phenoxy) is 1. The minimum atomic E-state index is -0.927. The Morgan fingerprint density at radius 2 is 2.00 bits per heavy atom. The molecule has 1 aromatic carbocycles. The van der Waals surface area contributed by atoms with Gasteiger partial charge in [-0.15, -0.1) is 11.3 Å². The Labute approximate surface area is 154 Å². The summed E-state index contributed by atoms with van der Waals surface area (Å²) < 4.78 is 10.5. The van der Waals surface area contributed by atoms with Gasteiger partial charge in [-0.3, -0.25) is 4.79 Å². The standard InChI is InChI=1S/C19H18N2O4S/c1-12(18(22)20-11-15-9-6-10-24-15)25-19(23)17-16(21-13(2)26-17)14-7-4-3-5-8-14/h3-10,12H,11H2,1-2H3,(H,20,22)/t12-/m0/s1. The number of esters is 1. The molecule has 3 aromatic rings. The first-order chi connectivity index (χ1) is 12.5. The maximum atomic E-state index is 12.5. The van der Waals surface area contributed by atoms with Crippen molar-refractivity contribution in [3.63, 3.8) is 0 Å². The first-order valence-corrected chi connectivity index (χ1v) is 8.90. The summed E-state index contributed by atoms with van der Waals surface area (Å²) in [4.78, 5) is 29.5.